The van der Waals surface area contributed by atoms with Gasteiger partial charge in [-0.3, -0.25) is 4.79 Å². The molecule has 0 spiro atoms. The summed E-state index contributed by atoms with van der Waals surface area (Å²) in [6.07, 6.45) is 0.767. The number of anilines is 1. The van der Waals surface area contributed by atoms with E-state index in [9.17, 15) is 4.79 Å². The van der Waals surface area contributed by atoms with Crippen molar-refractivity contribution in [2.24, 2.45) is 0 Å². The number of fused-ring (bicyclic) bond motifs is 1. The number of halogens is 1. The Balaban J connectivity index is 2.28. The van der Waals surface area contributed by atoms with Crippen molar-refractivity contribution in [2.75, 3.05) is 16.8 Å². The van der Waals surface area contributed by atoms with E-state index in [-0.39, 0.29) is 5.91 Å². The van der Waals surface area contributed by atoms with Gasteiger partial charge in [-0.2, -0.15) is 0 Å². The van der Waals surface area contributed by atoms with Crippen LogP contribution in [0.4, 0.5) is 5.69 Å². The predicted octanol–water partition coefficient (Wildman–Crippen LogP) is 4.12. The number of likely N-dealkylation sites (N-methyl/N-ethyl adjacent to an activating group) is 1. The Morgan fingerprint density at radius 1 is 1.05 bits per heavy atom. The normalized spacial score (nSPS) is 20.7. The maximum absolute atomic E-state index is 13.2. The van der Waals surface area contributed by atoms with Gasteiger partial charge in [0.25, 0.3) is 0 Å². The second-order valence-corrected chi connectivity index (χ2v) is 6.07. The van der Waals surface area contributed by atoms with Crippen LogP contribution in [0.1, 0.15) is 24.5 Å². The molecule has 1 aliphatic heterocycles. The molecule has 0 N–H and O–H groups in total. The standard InChI is InChI=1S/C18H18BrNO/c1-2-20-16-11-7-6-10-15(16)18(12-13-19,17(20)21)14-8-4-3-5-9-14/h3-11H,2,12-13H2,1H3. The van der Waals surface area contributed by atoms with Gasteiger partial charge < -0.3 is 4.90 Å². The number of rotatable bonds is 4. The van der Waals surface area contributed by atoms with Gasteiger partial charge in [-0.15, -0.1) is 0 Å². The van der Waals surface area contributed by atoms with E-state index < -0.39 is 5.41 Å². The molecule has 3 rings (SSSR count). The molecule has 0 bridgehead atoms. The van der Waals surface area contributed by atoms with E-state index in [4.69, 9.17) is 0 Å². The molecule has 0 fully saturated rings. The molecule has 108 valence electrons. The van der Waals surface area contributed by atoms with E-state index in [2.05, 4.69) is 40.2 Å². The highest BCUT2D eigenvalue weighted by Gasteiger charge is 2.50. The topological polar surface area (TPSA) is 20.3 Å². The molecule has 0 aliphatic carbocycles. The maximum Gasteiger partial charge on any atom is 0.242 e. The highest BCUT2D eigenvalue weighted by molar-refractivity contribution is 9.09. The number of hydrogen-bond donors (Lipinski definition) is 0. The lowest BCUT2D eigenvalue weighted by atomic mass is 9.73. The number of hydrogen-bond acceptors (Lipinski definition) is 1. The van der Waals surface area contributed by atoms with Crippen molar-refractivity contribution in [3.05, 3.63) is 65.7 Å². The molecule has 0 saturated heterocycles. The zero-order chi connectivity index (χ0) is 14.9. The maximum atomic E-state index is 13.2. The molecule has 0 radical (unpaired) electrons. The smallest absolute Gasteiger partial charge is 0.242 e. The lowest BCUT2D eigenvalue weighted by Crippen LogP contribution is -2.41. The molecular weight excluding hydrogens is 326 g/mol. The molecule has 2 nitrogen and oxygen atoms in total. The number of para-hydroxylation sites is 1. The van der Waals surface area contributed by atoms with Gasteiger partial charge in [-0.05, 0) is 30.5 Å². The Bertz CT molecular complexity index is 655. The Morgan fingerprint density at radius 2 is 1.71 bits per heavy atom. The van der Waals surface area contributed by atoms with Gasteiger partial charge in [0, 0.05) is 17.6 Å². The summed E-state index contributed by atoms with van der Waals surface area (Å²) in [6, 6.07) is 18.3. The number of benzene rings is 2. The Labute approximate surface area is 133 Å². The summed E-state index contributed by atoms with van der Waals surface area (Å²) in [5.41, 5.74) is 2.70. The predicted molar refractivity (Wildman–Crippen MR) is 90.1 cm³/mol. The van der Waals surface area contributed by atoms with Crippen LogP contribution in [-0.2, 0) is 10.2 Å². The molecule has 1 aliphatic rings. The van der Waals surface area contributed by atoms with Crippen molar-refractivity contribution in [2.45, 2.75) is 18.8 Å². The van der Waals surface area contributed by atoms with Crippen LogP contribution in [0.5, 0.6) is 0 Å². The van der Waals surface area contributed by atoms with E-state index in [0.29, 0.717) is 6.54 Å². The van der Waals surface area contributed by atoms with Gasteiger partial charge >= 0.3 is 0 Å². The molecule has 21 heavy (non-hydrogen) atoms. The highest BCUT2D eigenvalue weighted by Crippen LogP contribution is 2.48. The van der Waals surface area contributed by atoms with Crippen molar-refractivity contribution < 1.29 is 4.79 Å². The van der Waals surface area contributed by atoms with Crippen LogP contribution in [0.2, 0.25) is 0 Å². The van der Waals surface area contributed by atoms with Gasteiger partial charge in [-0.25, -0.2) is 0 Å². The van der Waals surface area contributed by atoms with Crippen LogP contribution < -0.4 is 4.90 Å². The lowest BCUT2D eigenvalue weighted by Gasteiger charge is -2.28. The van der Waals surface area contributed by atoms with Crippen molar-refractivity contribution in [3.8, 4) is 0 Å². The van der Waals surface area contributed by atoms with Crippen LogP contribution in [-0.4, -0.2) is 17.8 Å². The fraction of sp³-hybridized carbons (Fsp3) is 0.278. The molecule has 0 aromatic heterocycles. The second kappa shape index (κ2) is 5.64. The zero-order valence-electron chi connectivity index (χ0n) is 12.1. The largest absolute Gasteiger partial charge is 0.311 e. The lowest BCUT2D eigenvalue weighted by molar-refractivity contribution is -0.121. The first-order valence-electron chi connectivity index (χ1n) is 7.28. The van der Waals surface area contributed by atoms with Crippen molar-refractivity contribution in [1.82, 2.24) is 0 Å². The Morgan fingerprint density at radius 3 is 2.38 bits per heavy atom. The first-order valence-corrected chi connectivity index (χ1v) is 8.40. The van der Waals surface area contributed by atoms with Crippen LogP contribution >= 0.6 is 15.9 Å². The van der Waals surface area contributed by atoms with Crippen LogP contribution in [0, 0.1) is 0 Å². The van der Waals surface area contributed by atoms with Gasteiger partial charge in [0.2, 0.25) is 5.91 Å². The molecule has 0 saturated carbocycles. The number of nitrogens with zero attached hydrogens (tertiary/aromatic N) is 1. The minimum Gasteiger partial charge on any atom is -0.311 e. The second-order valence-electron chi connectivity index (χ2n) is 5.28. The fourth-order valence-corrected chi connectivity index (χ4v) is 3.96. The monoisotopic (exact) mass is 343 g/mol. The molecular formula is C18H18BrNO. The summed E-state index contributed by atoms with van der Waals surface area (Å²) < 4.78 is 0. The Hall–Kier alpha value is -1.61. The summed E-state index contributed by atoms with van der Waals surface area (Å²) >= 11 is 3.54. The van der Waals surface area contributed by atoms with Gasteiger partial charge in [0.15, 0.2) is 0 Å². The van der Waals surface area contributed by atoms with E-state index in [0.717, 1.165) is 28.6 Å². The van der Waals surface area contributed by atoms with Crippen molar-refractivity contribution in [1.29, 1.82) is 0 Å². The third kappa shape index (κ3) is 2.03. The number of alkyl halides is 1. The van der Waals surface area contributed by atoms with Gasteiger partial charge in [0.05, 0.1) is 0 Å². The van der Waals surface area contributed by atoms with Crippen LogP contribution in [0.3, 0.4) is 0 Å². The number of carbonyl (C=O) groups excluding carboxylic acids is 1. The van der Waals surface area contributed by atoms with Crippen LogP contribution in [0.15, 0.2) is 54.6 Å². The summed E-state index contributed by atoms with van der Waals surface area (Å²) in [5.74, 6) is 0.192. The van der Waals surface area contributed by atoms with Crippen molar-refractivity contribution >= 4 is 27.5 Å². The number of amides is 1. The SMILES string of the molecule is CCN1C(=O)C(CCBr)(c2ccccc2)c2ccccc21. The first kappa shape index (κ1) is 14.3. The molecule has 2 aromatic rings. The zero-order valence-corrected chi connectivity index (χ0v) is 13.6. The highest BCUT2D eigenvalue weighted by atomic mass is 79.9. The van der Waals surface area contributed by atoms with Gasteiger partial charge in [0.1, 0.15) is 5.41 Å². The van der Waals surface area contributed by atoms with Crippen LogP contribution in [0.25, 0.3) is 0 Å². The summed E-state index contributed by atoms with van der Waals surface area (Å²) in [6.45, 7) is 2.73. The molecule has 2 aromatic carbocycles. The summed E-state index contributed by atoms with van der Waals surface area (Å²) in [5, 5.41) is 0.791. The summed E-state index contributed by atoms with van der Waals surface area (Å²) in [4.78, 5) is 15.1. The van der Waals surface area contributed by atoms with E-state index in [1.165, 1.54) is 0 Å². The molecule has 1 amide bonds. The molecule has 1 unspecified atom stereocenters. The fourth-order valence-electron chi connectivity index (χ4n) is 3.37. The van der Waals surface area contributed by atoms with Gasteiger partial charge in [-0.1, -0.05) is 64.5 Å². The minimum absolute atomic E-state index is 0.192. The third-order valence-corrected chi connectivity index (χ3v) is 4.71. The molecule has 1 atom stereocenters. The van der Waals surface area contributed by atoms with E-state index >= 15 is 0 Å². The third-order valence-electron chi connectivity index (χ3n) is 4.32. The van der Waals surface area contributed by atoms with E-state index in [1.807, 2.05) is 42.2 Å². The quantitative estimate of drug-likeness (QED) is 0.764. The first-order chi connectivity index (χ1) is 10.3. The molecule has 3 heteroatoms. The average molecular weight is 344 g/mol. The van der Waals surface area contributed by atoms with E-state index in [1.54, 1.807) is 0 Å². The average Bonchev–Trinajstić information content (AvgIpc) is 2.78. The summed E-state index contributed by atoms with van der Waals surface area (Å²) in [7, 11) is 0. The van der Waals surface area contributed by atoms with Crippen molar-refractivity contribution in [3.63, 3.8) is 0 Å². The number of carbonyl (C=O) groups is 1. The Kier molecular flexibility index (Phi) is 3.85. The minimum atomic E-state index is -0.558. The molecule has 1 heterocycles.